The summed E-state index contributed by atoms with van der Waals surface area (Å²) in [5.74, 6) is -1.68. The fraction of sp³-hybridized carbons (Fsp3) is 0.636. The molecule has 3 rings (SSSR count). The topological polar surface area (TPSA) is 46.9 Å². The van der Waals surface area contributed by atoms with Crippen LogP contribution >= 0.6 is 0 Å². The van der Waals surface area contributed by atoms with Crippen LogP contribution in [-0.2, 0) is 11.3 Å². The largest absolute Gasteiger partial charge is 0.343 e. The van der Waals surface area contributed by atoms with Gasteiger partial charge in [-0.15, -0.1) is 0 Å². The Labute approximate surface area is 165 Å². The van der Waals surface area contributed by atoms with E-state index in [9.17, 15) is 13.6 Å². The van der Waals surface area contributed by atoms with Crippen LogP contribution in [0.5, 0.6) is 0 Å². The molecule has 1 aliphatic carbocycles. The number of nitrogens with zero attached hydrogens (tertiary/aromatic N) is 2. The Hall–Kier alpha value is -1.98. The number of hydrogen-bond donors (Lipinski definition) is 1. The van der Waals surface area contributed by atoms with Crippen molar-refractivity contribution in [2.24, 2.45) is 11.3 Å². The third kappa shape index (κ3) is 4.89. The van der Waals surface area contributed by atoms with Crippen LogP contribution in [0.25, 0.3) is 11.0 Å². The number of carbonyl (C=O) groups excluding carboxylic acids is 1. The minimum absolute atomic E-state index is 0.0167. The maximum atomic E-state index is 13.4. The van der Waals surface area contributed by atoms with Crippen LogP contribution < -0.4 is 5.32 Å². The van der Waals surface area contributed by atoms with Gasteiger partial charge in [0.2, 0.25) is 11.8 Å². The normalized spacial score (nSPS) is 17.8. The highest BCUT2D eigenvalue weighted by atomic mass is 19.3. The summed E-state index contributed by atoms with van der Waals surface area (Å²) >= 11 is 0. The van der Waals surface area contributed by atoms with Crippen molar-refractivity contribution in [3.05, 3.63) is 23.4 Å². The van der Waals surface area contributed by atoms with E-state index in [2.05, 4.69) is 14.9 Å². The molecule has 2 aromatic rings. The second-order valence-corrected chi connectivity index (χ2v) is 9.54. The lowest BCUT2D eigenvalue weighted by Gasteiger charge is -2.29. The number of fused-ring (bicyclic) bond motifs is 1. The molecule has 4 nitrogen and oxygen atoms in total. The summed E-state index contributed by atoms with van der Waals surface area (Å²) in [6.45, 7) is 10.8. The molecule has 1 aliphatic rings. The predicted octanol–water partition coefficient (Wildman–Crippen LogP) is 5.85. The van der Waals surface area contributed by atoms with Crippen molar-refractivity contribution >= 4 is 22.8 Å². The van der Waals surface area contributed by atoms with Crippen LogP contribution in [0.15, 0.2) is 12.1 Å². The molecule has 6 heteroatoms. The highest BCUT2D eigenvalue weighted by Crippen LogP contribution is 2.37. The van der Waals surface area contributed by atoms with Gasteiger partial charge < -0.3 is 9.88 Å². The lowest BCUT2D eigenvalue weighted by atomic mass is 9.86. The van der Waals surface area contributed by atoms with Crippen molar-refractivity contribution in [1.29, 1.82) is 0 Å². The van der Waals surface area contributed by atoms with Gasteiger partial charge in [0.1, 0.15) is 5.82 Å². The minimum Gasteiger partial charge on any atom is -0.343 e. The predicted molar refractivity (Wildman–Crippen MR) is 109 cm³/mol. The summed E-state index contributed by atoms with van der Waals surface area (Å²) in [6.07, 6.45) is 1.51. The van der Waals surface area contributed by atoms with E-state index >= 15 is 0 Å². The SMILES string of the molecule is Cc1cc2c(cc(C)n2CC2CCC(F)(F)CC2)nc1NC(=O)CC(C)(C)C. The number of hydrogen-bond acceptors (Lipinski definition) is 2. The average Bonchev–Trinajstić information content (AvgIpc) is 2.83. The smallest absolute Gasteiger partial charge is 0.248 e. The van der Waals surface area contributed by atoms with Gasteiger partial charge in [-0.2, -0.15) is 0 Å². The number of aromatic nitrogens is 2. The molecule has 0 aromatic carbocycles. The van der Waals surface area contributed by atoms with E-state index in [-0.39, 0.29) is 30.1 Å². The molecular formula is C22H31F2N3O. The first kappa shape index (κ1) is 20.7. The van der Waals surface area contributed by atoms with Gasteiger partial charge in [-0.05, 0) is 55.7 Å². The molecule has 0 aliphatic heterocycles. The molecule has 154 valence electrons. The van der Waals surface area contributed by atoms with Gasteiger partial charge in [-0.1, -0.05) is 20.8 Å². The lowest BCUT2D eigenvalue weighted by molar-refractivity contribution is -0.117. The van der Waals surface area contributed by atoms with Crippen LogP contribution in [0.4, 0.5) is 14.6 Å². The molecule has 0 atom stereocenters. The van der Waals surface area contributed by atoms with Crippen molar-refractivity contribution < 1.29 is 13.6 Å². The van der Waals surface area contributed by atoms with Gasteiger partial charge in [-0.25, -0.2) is 13.8 Å². The fourth-order valence-corrected chi connectivity index (χ4v) is 3.97. The molecule has 28 heavy (non-hydrogen) atoms. The second-order valence-electron chi connectivity index (χ2n) is 9.54. The number of alkyl halides is 2. The molecule has 2 heterocycles. The van der Waals surface area contributed by atoms with Crippen LogP contribution in [-0.4, -0.2) is 21.4 Å². The summed E-state index contributed by atoms with van der Waals surface area (Å²) < 4.78 is 29.1. The molecule has 1 N–H and O–H groups in total. The molecule has 0 spiro atoms. The molecule has 1 fully saturated rings. The number of pyridine rings is 1. The van der Waals surface area contributed by atoms with Crippen LogP contribution in [0.3, 0.4) is 0 Å². The second kappa shape index (κ2) is 7.45. The zero-order valence-corrected chi connectivity index (χ0v) is 17.5. The van der Waals surface area contributed by atoms with Crippen molar-refractivity contribution in [2.75, 3.05) is 5.32 Å². The van der Waals surface area contributed by atoms with Crippen molar-refractivity contribution in [2.45, 2.75) is 79.2 Å². The first-order valence-electron chi connectivity index (χ1n) is 10.1. The van der Waals surface area contributed by atoms with Crippen molar-refractivity contribution in [1.82, 2.24) is 9.55 Å². The van der Waals surface area contributed by atoms with E-state index < -0.39 is 5.92 Å². The Morgan fingerprint density at radius 3 is 2.50 bits per heavy atom. The van der Waals surface area contributed by atoms with Gasteiger partial charge in [0.25, 0.3) is 0 Å². The molecule has 0 bridgehead atoms. The van der Waals surface area contributed by atoms with E-state index in [0.717, 1.165) is 28.8 Å². The number of halogens is 2. The first-order valence-corrected chi connectivity index (χ1v) is 10.1. The van der Waals surface area contributed by atoms with E-state index in [4.69, 9.17) is 0 Å². The number of rotatable bonds is 4. The van der Waals surface area contributed by atoms with E-state index in [0.29, 0.717) is 25.1 Å². The number of nitrogens with one attached hydrogen (secondary N) is 1. The summed E-state index contributed by atoms with van der Waals surface area (Å²) in [7, 11) is 0. The Morgan fingerprint density at radius 2 is 1.89 bits per heavy atom. The Kier molecular flexibility index (Phi) is 5.52. The standard InChI is InChI=1S/C22H31F2N3O/c1-14-10-18-17(25-20(14)26-19(28)12-21(3,4)5)11-15(2)27(18)13-16-6-8-22(23,24)9-7-16/h10-11,16H,6-9,12-13H2,1-5H3,(H,25,26,28). The van der Waals surface area contributed by atoms with Crippen LogP contribution in [0.1, 0.15) is 64.1 Å². The third-order valence-corrected chi connectivity index (χ3v) is 5.51. The fourth-order valence-electron chi connectivity index (χ4n) is 3.97. The third-order valence-electron chi connectivity index (χ3n) is 5.51. The number of amides is 1. The molecule has 0 radical (unpaired) electrons. The van der Waals surface area contributed by atoms with Gasteiger partial charge in [0, 0.05) is 31.5 Å². The van der Waals surface area contributed by atoms with Gasteiger partial charge in [0.15, 0.2) is 0 Å². The minimum atomic E-state index is -2.50. The number of carbonyl (C=O) groups is 1. The van der Waals surface area contributed by atoms with Crippen LogP contribution in [0.2, 0.25) is 0 Å². The molecule has 2 aromatic heterocycles. The molecule has 0 unspecified atom stereocenters. The summed E-state index contributed by atoms with van der Waals surface area (Å²) in [6, 6.07) is 4.05. The number of aryl methyl sites for hydroxylation is 2. The van der Waals surface area contributed by atoms with Crippen molar-refractivity contribution in [3.63, 3.8) is 0 Å². The highest BCUT2D eigenvalue weighted by Gasteiger charge is 2.35. The maximum Gasteiger partial charge on any atom is 0.248 e. The maximum absolute atomic E-state index is 13.4. The van der Waals surface area contributed by atoms with Gasteiger partial charge >= 0.3 is 0 Å². The molecule has 1 amide bonds. The first-order chi connectivity index (χ1) is 12.9. The van der Waals surface area contributed by atoms with Crippen molar-refractivity contribution in [3.8, 4) is 0 Å². The Balaban J connectivity index is 1.80. The molecule has 0 saturated heterocycles. The quantitative estimate of drug-likeness (QED) is 0.710. The molecule has 1 saturated carbocycles. The zero-order chi connectivity index (χ0) is 20.7. The molecular weight excluding hydrogens is 360 g/mol. The summed E-state index contributed by atoms with van der Waals surface area (Å²) in [5.41, 5.74) is 3.72. The summed E-state index contributed by atoms with van der Waals surface area (Å²) in [4.78, 5) is 17.0. The Morgan fingerprint density at radius 1 is 1.25 bits per heavy atom. The number of anilines is 1. The summed E-state index contributed by atoms with van der Waals surface area (Å²) in [5, 5.41) is 2.94. The highest BCUT2D eigenvalue weighted by molar-refractivity contribution is 5.92. The lowest BCUT2D eigenvalue weighted by Crippen LogP contribution is -2.27. The van der Waals surface area contributed by atoms with E-state index in [1.807, 2.05) is 46.8 Å². The van der Waals surface area contributed by atoms with Crippen LogP contribution in [0, 0.1) is 25.2 Å². The Bertz CT molecular complexity index is 870. The monoisotopic (exact) mass is 391 g/mol. The van der Waals surface area contributed by atoms with Gasteiger partial charge in [0.05, 0.1) is 11.0 Å². The van der Waals surface area contributed by atoms with E-state index in [1.54, 1.807) is 0 Å². The average molecular weight is 392 g/mol. The zero-order valence-electron chi connectivity index (χ0n) is 17.5. The van der Waals surface area contributed by atoms with E-state index in [1.165, 1.54) is 0 Å². The van der Waals surface area contributed by atoms with Gasteiger partial charge in [-0.3, -0.25) is 4.79 Å².